The molecule has 4 aliphatic carbocycles. The van der Waals surface area contributed by atoms with E-state index in [2.05, 4.69) is 6.92 Å². The number of carbonyl (C=O) groups excluding carboxylic acids is 2. The number of ether oxygens (including phenoxy) is 3. The van der Waals surface area contributed by atoms with Gasteiger partial charge < -0.3 is 39.4 Å². The van der Waals surface area contributed by atoms with Gasteiger partial charge in [-0.15, -0.1) is 0 Å². The molecule has 38 heavy (non-hydrogen) atoms. The first-order chi connectivity index (χ1) is 18.0. The highest BCUT2D eigenvalue weighted by molar-refractivity contribution is 5.85. The summed E-state index contributed by atoms with van der Waals surface area (Å²) in [5.74, 6) is -0.473. The maximum absolute atomic E-state index is 12.9. The Kier molecular flexibility index (Phi) is 6.41. The summed E-state index contributed by atoms with van der Waals surface area (Å²) in [5, 5.41) is 44.6. The average molecular weight is 535 g/mol. The van der Waals surface area contributed by atoms with Gasteiger partial charge in [0.2, 0.25) is 0 Å². The predicted octanol–water partition coefficient (Wildman–Crippen LogP) is 1.78. The summed E-state index contributed by atoms with van der Waals surface area (Å²) < 4.78 is 17.1. The van der Waals surface area contributed by atoms with Crippen molar-refractivity contribution in [2.45, 2.75) is 120 Å². The van der Waals surface area contributed by atoms with Crippen molar-refractivity contribution in [1.29, 1.82) is 0 Å². The molecule has 6 aliphatic rings. The molecule has 0 aromatic carbocycles. The smallest absolute Gasteiger partial charge is 0.331 e. The second kappa shape index (κ2) is 9.08. The van der Waals surface area contributed by atoms with Crippen LogP contribution >= 0.6 is 0 Å². The van der Waals surface area contributed by atoms with Gasteiger partial charge in [-0.25, -0.2) is 4.79 Å². The summed E-state index contributed by atoms with van der Waals surface area (Å²) in [6, 6.07) is 0. The number of esters is 1. The van der Waals surface area contributed by atoms with E-state index in [0.717, 1.165) is 31.1 Å². The normalized spacial score (nSPS) is 54.4. The SMILES string of the molecule is CC1O[C@@H](O[C@H]2CC[C@]3(C=O)C4CC[C@]5(C)[C@@H](C6=CC(=O)OC6)CC[C@]5(O)C4CC[C@]3(O)C2)CC(O)[C@@H]1O. The third kappa shape index (κ3) is 3.65. The third-order valence-corrected chi connectivity index (χ3v) is 11.9. The number of cyclic esters (lactones) is 1. The number of carbonyl (C=O) groups is 2. The van der Waals surface area contributed by atoms with Crippen LogP contribution in [0.15, 0.2) is 11.6 Å². The van der Waals surface area contributed by atoms with Crippen molar-refractivity contribution in [1.82, 2.24) is 0 Å². The van der Waals surface area contributed by atoms with Crippen LogP contribution in [-0.4, -0.2) is 81.2 Å². The van der Waals surface area contributed by atoms with E-state index in [1.165, 1.54) is 0 Å². The van der Waals surface area contributed by atoms with Gasteiger partial charge in [-0.05, 0) is 81.6 Å². The van der Waals surface area contributed by atoms with E-state index in [-0.39, 0.29) is 36.2 Å². The summed E-state index contributed by atoms with van der Waals surface area (Å²) >= 11 is 0. The number of hydrogen-bond acceptors (Lipinski definition) is 9. The van der Waals surface area contributed by atoms with E-state index >= 15 is 0 Å². The molecule has 0 aromatic heterocycles. The van der Waals surface area contributed by atoms with Crippen LogP contribution in [0.2, 0.25) is 0 Å². The first-order valence-electron chi connectivity index (χ1n) is 14.4. The van der Waals surface area contributed by atoms with Crippen LogP contribution in [-0.2, 0) is 23.8 Å². The van der Waals surface area contributed by atoms with E-state index in [4.69, 9.17) is 14.2 Å². The molecule has 0 radical (unpaired) electrons. The quantitative estimate of drug-likeness (QED) is 0.241. The van der Waals surface area contributed by atoms with Crippen molar-refractivity contribution in [2.75, 3.05) is 6.61 Å². The highest BCUT2D eigenvalue weighted by Gasteiger charge is 2.71. The van der Waals surface area contributed by atoms with Crippen molar-refractivity contribution >= 4 is 12.3 Å². The Bertz CT molecular complexity index is 1000. The fourth-order valence-electron chi connectivity index (χ4n) is 9.76. The lowest BCUT2D eigenvalue weighted by Gasteiger charge is -2.65. The van der Waals surface area contributed by atoms with Gasteiger partial charge in [0, 0.05) is 24.3 Å². The van der Waals surface area contributed by atoms with Gasteiger partial charge in [0.25, 0.3) is 0 Å². The largest absolute Gasteiger partial charge is 0.458 e. The molecule has 1 saturated heterocycles. The summed E-state index contributed by atoms with van der Waals surface area (Å²) in [5.41, 5.74) is -2.60. The molecule has 4 saturated carbocycles. The molecular formula is C29H42O9. The Balaban J connectivity index is 1.22. The third-order valence-electron chi connectivity index (χ3n) is 11.9. The Morgan fingerprint density at radius 2 is 1.82 bits per heavy atom. The van der Waals surface area contributed by atoms with Crippen LogP contribution in [0, 0.1) is 28.6 Å². The Morgan fingerprint density at radius 3 is 2.50 bits per heavy atom. The van der Waals surface area contributed by atoms with E-state index < -0.39 is 46.6 Å². The number of rotatable bonds is 4. The highest BCUT2D eigenvalue weighted by atomic mass is 16.7. The molecule has 0 bridgehead atoms. The number of hydrogen-bond donors (Lipinski definition) is 4. The van der Waals surface area contributed by atoms with Crippen molar-refractivity contribution < 1.29 is 44.2 Å². The van der Waals surface area contributed by atoms with Crippen LogP contribution in [0.4, 0.5) is 0 Å². The van der Waals surface area contributed by atoms with Gasteiger partial charge in [-0.2, -0.15) is 0 Å². The van der Waals surface area contributed by atoms with Crippen LogP contribution in [0.5, 0.6) is 0 Å². The monoisotopic (exact) mass is 534 g/mol. The van der Waals surface area contributed by atoms with Crippen LogP contribution in [0.3, 0.4) is 0 Å². The lowest BCUT2D eigenvalue weighted by Crippen LogP contribution is -2.69. The zero-order valence-electron chi connectivity index (χ0n) is 22.4. The average Bonchev–Trinajstić information content (AvgIpc) is 3.41. The molecule has 9 heteroatoms. The van der Waals surface area contributed by atoms with Gasteiger partial charge in [0.1, 0.15) is 19.0 Å². The first kappa shape index (κ1) is 26.8. The molecule has 2 heterocycles. The molecule has 0 aromatic rings. The number of aliphatic hydroxyl groups is 4. The minimum atomic E-state index is -1.24. The second-order valence-electron chi connectivity index (χ2n) is 13.3. The maximum atomic E-state index is 12.9. The fourth-order valence-corrected chi connectivity index (χ4v) is 9.76. The van der Waals surface area contributed by atoms with Crippen molar-refractivity contribution in [3.63, 3.8) is 0 Å². The fraction of sp³-hybridized carbons (Fsp3) is 0.862. The zero-order chi connectivity index (χ0) is 27.1. The highest BCUT2D eigenvalue weighted by Crippen LogP contribution is 2.70. The zero-order valence-corrected chi connectivity index (χ0v) is 22.4. The molecule has 212 valence electrons. The standard InChI is InChI=1S/C29H42O9/c1-16-25(33)22(31)12-24(37-16)38-18-3-8-27(15-30)20-4-7-26(2)19(17-11-23(32)36-14-17)6-10-29(26,35)21(20)5-9-28(27,34)13-18/h11,15-16,18-22,24-25,31,33-35H,3-10,12-14H2,1-2H3/t16?,18-,19+,20?,21?,22?,24-,25+,26+,27-,28-,29-/m0/s1. The van der Waals surface area contributed by atoms with E-state index in [0.29, 0.717) is 45.1 Å². The number of aliphatic hydroxyl groups excluding tert-OH is 2. The molecule has 4 unspecified atom stereocenters. The van der Waals surface area contributed by atoms with Crippen LogP contribution in [0.25, 0.3) is 0 Å². The topological polar surface area (TPSA) is 143 Å². The molecule has 2 aliphatic heterocycles. The first-order valence-corrected chi connectivity index (χ1v) is 14.4. The molecule has 5 fully saturated rings. The number of fused-ring (bicyclic) bond motifs is 5. The minimum Gasteiger partial charge on any atom is -0.458 e. The minimum absolute atomic E-state index is 0.0729. The van der Waals surface area contributed by atoms with Crippen molar-refractivity contribution in [2.24, 2.45) is 28.6 Å². The Labute approximate surface area is 223 Å². The van der Waals surface area contributed by atoms with E-state index in [9.17, 15) is 30.0 Å². The maximum Gasteiger partial charge on any atom is 0.331 e. The summed E-state index contributed by atoms with van der Waals surface area (Å²) in [6.45, 7) is 4.13. The summed E-state index contributed by atoms with van der Waals surface area (Å²) in [6.07, 6.45) is 4.50. The molecule has 9 nitrogen and oxygen atoms in total. The lowest BCUT2D eigenvalue weighted by atomic mass is 9.41. The van der Waals surface area contributed by atoms with E-state index in [1.54, 1.807) is 13.0 Å². The summed E-state index contributed by atoms with van der Waals surface area (Å²) in [4.78, 5) is 24.7. The van der Waals surface area contributed by atoms with Gasteiger partial charge in [-0.3, -0.25) is 0 Å². The molecule has 4 N–H and O–H groups in total. The van der Waals surface area contributed by atoms with Crippen LogP contribution < -0.4 is 0 Å². The number of aldehydes is 1. The molecule has 0 amide bonds. The van der Waals surface area contributed by atoms with Gasteiger partial charge in [0.05, 0.1) is 34.9 Å². The van der Waals surface area contributed by atoms with Crippen molar-refractivity contribution in [3.05, 3.63) is 11.6 Å². The van der Waals surface area contributed by atoms with E-state index in [1.807, 2.05) is 0 Å². The van der Waals surface area contributed by atoms with Gasteiger partial charge in [-0.1, -0.05) is 6.92 Å². The second-order valence-corrected chi connectivity index (χ2v) is 13.3. The predicted molar refractivity (Wildman–Crippen MR) is 133 cm³/mol. The molecule has 6 rings (SSSR count). The molecule has 0 spiro atoms. The lowest BCUT2D eigenvalue weighted by molar-refractivity contribution is -0.286. The van der Waals surface area contributed by atoms with Crippen molar-refractivity contribution in [3.8, 4) is 0 Å². The van der Waals surface area contributed by atoms with Crippen LogP contribution in [0.1, 0.15) is 78.1 Å². The Morgan fingerprint density at radius 1 is 1.05 bits per heavy atom. The van der Waals surface area contributed by atoms with Gasteiger partial charge in [0.15, 0.2) is 6.29 Å². The Hall–Kier alpha value is -1.36. The van der Waals surface area contributed by atoms with Gasteiger partial charge >= 0.3 is 5.97 Å². The summed E-state index contributed by atoms with van der Waals surface area (Å²) in [7, 11) is 0. The molecular weight excluding hydrogens is 492 g/mol. The molecule has 12 atom stereocenters.